The Bertz CT molecular complexity index is 557. The second kappa shape index (κ2) is 7.76. The number of hydrogen-bond acceptors (Lipinski definition) is 3. The predicted octanol–water partition coefficient (Wildman–Crippen LogP) is 3.05. The van der Waals surface area contributed by atoms with Crippen LogP contribution in [0.3, 0.4) is 0 Å². The molecule has 21 heavy (non-hydrogen) atoms. The summed E-state index contributed by atoms with van der Waals surface area (Å²) in [6.45, 7) is 3.63. The molecule has 1 atom stereocenters. The quantitative estimate of drug-likeness (QED) is 0.823. The number of aliphatic hydroxyl groups is 1. The van der Waals surface area contributed by atoms with Crippen LogP contribution in [-0.4, -0.2) is 18.3 Å². The van der Waals surface area contributed by atoms with E-state index in [0.717, 1.165) is 11.3 Å². The maximum Gasteiger partial charge on any atom is 0.123 e. The largest absolute Gasteiger partial charge is 0.494 e. The number of aliphatic hydroxyl groups excluding tert-OH is 1. The monoisotopic (exact) mass is 289 g/mol. The smallest absolute Gasteiger partial charge is 0.123 e. The van der Waals surface area contributed by atoms with Crippen LogP contribution in [-0.2, 0) is 6.54 Å². The number of ether oxygens (including phenoxy) is 1. The van der Waals surface area contributed by atoms with E-state index in [1.807, 2.05) is 31.2 Å². The molecule has 0 aliphatic heterocycles. The van der Waals surface area contributed by atoms with Gasteiger partial charge >= 0.3 is 0 Å². The zero-order valence-corrected chi connectivity index (χ0v) is 12.1. The van der Waals surface area contributed by atoms with Crippen LogP contribution in [0.25, 0.3) is 0 Å². The van der Waals surface area contributed by atoms with E-state index in [4.69, 9.17) is 4.74 Å². The first kappa shape index (κ1) is 15.5. The average Bonchev–Trinajstić information content (AvgIpc) is 2.48. The van der Waals surface area contributed by atoms with E-state index in [-0.39, 0.29) is 5.82 Å². The molecule has 0 bridgehead atoms. The van der Waals surface area contributed by atoms with Gasteiger partial charge in [-0.1, -0.05) is 24.3 Å². The molecule has 0 fully saturated rings. The lowest BCUT2D eigenvalue weighted by Crippen LogP contribution is -2.21. The van der Waals surface area contributed by atoms with E-state index < -0.39 is 6.10 Å². The molecule has 112 valence electrons. The third-order valence-electron chi connectivity index (χ3n) is 3.13. The van der Waals surface area contributed by atoms with E-state index in [2.05, 4.69) is 5.32 Å². The van der Waals surface area contributed by atoms with Crippen LogP contribution < -0.4 is 10.1 Å². The Balaban J connectivity index is 1.83. The van der Waals surface area contributed by atoms with Gasteiger partial charge in [0, 0.05) is 13.1 Å². The molecule has 3 nitrogen and oxygen atoms in total. The lowest BCUT2D eigenvalue weighted by atomic mass is 10.1. The lowest BCUT2D eigenvalue weighted by molar-refractivity contribution is 0.174. The van der Waals surface area contributed by atoms with Gasteiger partial charge < -0.3 is 15.2 Å². The zero-order chi connectivity index (χ0) is 15.1. The van der Waals surface area contributed by atoms with Crippen LogP contribution in [0.4, 0.5) is 4.39 Å². The third-order valence-corrected chi connectivity index (χ3v) is 3.13. The van der Waals surface area contributed by atoms with Gasteiger partial charge in [0.05, 0.1) is 12.7 Å². The average molecular weight is 289 g/mol. The lowest BCUT2D eigenvalue weighted by Gasteiger charge is -2.13. The zero-order valence-electron chi connectivity index (χ0n) is 12.1. The van der Waals surface area contributed by atoms with E-state index in [1.54, 1.807) is 12.1 Å². The number of hydrogen-bond donors (Lipinski definition) is 2. The number of halogens is 1. The van der Waals surface area contributed by atoms with Crippen LogP contribution >= 0.6 is 0 Å². The second-order valence-electron chi connectivity index (χ2n) is 4.78. The minimum Gasteiger partial charge on any atom is -0.494 e. The Morgan fingerprint density at radius 3 is 2.67 bits per heavy atom. The molecule has 0 amide bonds. The van der Waals surface area contributed by atoms with Crippen LogP contribution in [0.15, 0.2) is 48.5 Å². The van der Waals surface area contributed by atoms with Crippen LogP contribution in [0.1, 0.15) is 24.2 Å². The second-order valence-corrected chi connectivity index (χ2v) is 4.78. The fourth-order valence-corrected chi connectivity index (χ4v) is 2.07. The van der Waals surface area contributed by atoms with Crippen molar-refractivity contribution in [3.05, 3.63) is 65.5 Å². The van der Waals surface area contributed by atoms with Gasteiger partial charge in [-0.05, 0) is 42.3 Å². The number of benzene rings is 2. The Labute approximate surface area is 124 Å². The first-order chi connectivity index (χ1) is 10.2. The molecule has 1 unspecified atom stereocenters. The van der Waals surface area contributed by atoms with Crippen molar-refractivity contribution in [2.24, 2.45) is 0 Å². The summed E-state index contributed by atoms with van der Waals surface area (Å²) in [6, 6.07) is 13.7. The molecule has 2 N–H and O–H groups in total. The third kappa shape index (κ3) is 4.85. The van der Waals surface area contributed by atoms with Crippen molar-refractivity contribution in [1.29, 1.82) is 0 Å². The van der Waals surface area contributed by atoms with E-state index >= 15 is 0 Å². The molecule has 0 saturated heterocycles. The van der Waals surface area contributed by atoms with Gasteiger partial charge in [-0.15, -0.1) is 0 Å². The van der Waals surface area contributed by atoms with Gasteiger partial charge in [0.25, 0.3) is 0 Å². The summed E-state index contributed by atoms with van der Waals surface area (Å²) in [5.41, 5.74) is 1.79. The van der Waals surface area contributed by atoms with Gasteiger partial charge in [0.15, 0.2) is 0 Å². The highest BCUT2D eigenvalue weighted by Gasteiger charge is 2.07. The Morgan fingerprint density at radius 1 is 1.19 bits per heavy atom. The molecule has 2 aromatic carbocycles. The molecule has 0 saturated carbocycles. The first-order valence-electron chi connectivity index (χ1n) is 7.05. The summed E-state index contributed by atoms with van der Waals surface area (Å²) in [5.74, 6) is 0.544. The van der Waals surface area contributed by atoms with E-state index in [0.29, 0.717) is 25.3 Å². The van der Waals surface area contributed by atoms with Gasteiger partial charge in [-0.2, -0.15) is 0 Å². The Hall–Kier alpha value is -1.91. The molecule has 0 aromatic heterocycles. The molecular weight excluding hydrogens is 269 g/mol. The fourth-order valence-electron chi connectivity index (χ4n) is 2.07. The van der Waals surface area contributed by atoms with Crippen molar-refractivity contribution in [3.8, 4) is 5.75 Å². The maximum atomic E-state index is 12.8. The van der Waals surface area contributed by atoms with E-state index in [1.165, 1.54) is 12.1 Å². The molecular formula is C17H20FNO2. The van der Waals surface area contributed by atoms with Gasteiger partial charge in [-0.3, -0.25) is 0 Å². The normalized spacial score (nSPS) is 12.1. The highest BCUT2D eigenvalue weighted by molar-refractivity contribution is 5.28. The van der Waals surface area contributed by atoms with Gasteiger partial charge in [-0.25, -0.2) is 4.39 Å². The summed E-state index contributed by atoms with van der Waals surface area (Å²) in [6.07, 6.45) is -0.652. The molecule has 4 heteroatoms. The van der Waals surface area contributed by atoms with Gasteiger partial charge in [0.1, 0.15) is 11.6 Å². The summed E-state index contributed by atoms with van der Waals surface area (Å²) >= 11 is 0. The minimum atomic E-state index is -0.652. The SMILES string of the molecule is CCOc1cccc(CNCC(O)c2ccc(F)cc2)c1. The first-order valence-corrected chi connectivity index (χ1v) is 7.05. The van der Waals surface area contributed by atoms with Crippen LogP contribution in [0, 0.1) is 5.82 Å². The summed E-state index contributed by atoms with van der Waals surface area (Å²) in [4.78, 5) is 0. The molecule has 0 heterocycles. The standard InChI is InChI=1S/C17H20FNO2/c1-2-21-16-5-3-4-13(10-16)11-19-12-17(20)14-6-8-15(18)9-7-14/h3-10,17,19-20H,2,11-12H2,1H3. The van der Waals surface area contributed by atoms with Gasteiger partial charge in [0.2, 0.25) is 0 Å². The summed E-state index contributed by atoms with van der Waals surface area (Å²) < 4.78 is 18.3. The molecule has 0 aliphatic rings. The molecule has 0 spiro atoms. The highest BCUT2D eigenvalue weighted by Crippen LogP contribution is 2.15. The minimum absolute atomic E-state index is 0.299. The van der Waals surface area contributed by atoms with Crippen LogP contribution in [0.5, 0.6) is 5.75 Å². The van der Waals surface area contributed by atoms with Crippen molar-refractivity contribution in [2.75, 3.05) is 13.2 Å². The topological polar surface area (TPSA) is 41.5 Å². The number of nitrogens with one attached hydrogen (secondary N) is 1. The summed E-state index contributed by atoms with van der Waals surface area (Å²) in [7, 11) is 0. The maximum absolute atomic E-state index is 12.8. The fraction of sp³-hybridized carbons (Fsp3) is 0.294. The predicted molar refractivity (Wildman–Crippen MR) is 80.7 cm³/mol. The van der Waals surface area contributed by atoms with Crippen molar-refractivity contribution in [1.82, 2.24) is 5.32 Å². The molecule has 2 aromatic rings. The van der Waals surface area contributed by atoms with Crippen LogP contribution in [0.2, 0.25) is 0 Å². The Kier molecular flexibility index (Phi) is 5.72. The molecule has 0 radical (unpaired) electrons. The van der Waals surface area contributed by atoms with Crippen molar-refractivity contribution >= 4 is 0 Å². The number of rotatable bonds is 7. The van der Waals surface area contributed by atoms with Crippen molar-refractivity contribution in [3.63, 3.8) is 0 Å². The van der Waals surface area contributed by atoms with E-state index in [9.17, 15) is 9.50 Å². The van der Waals surface area contributed by atoms with Crippen molar-refractivity contribution in [2.45, 2.75) is 19.6 Å². The molecule has 0 aliphatic carbocycles. The Morgan fingerprint density at radius 2 is 1.95 bits per heavy atom. The molecule has 2 rings (SSSR count). The van der Waals surface area contributed by atoms with Crippen molar-refractivity contribution < 1.29 is 14.2 Å². The summed E-state index contributed by atoms with van der Waals surface area (Å²) in [5, 5.41) is 13.2. The highest BCUT2D eigenvalue weighted by atomic mass is 19.1.